The van der Waals surface area contributed by atoms with Crippen LogP contribution in [0.25, 0.3) is 0 Å². The Labute approximate surface area is 255 Å². The molecule has 266 valence electrons. The van der Waals surface area contributed by atoms with Crippen molar-refractivity contribution >= 4 is 0 Å². The molecule has 3 saturated heterocycles. The predicted octanol–water partition coefficient (Wildman–Crippen LogP) is -10.1. The zero-order valence-corrected chi connectivity index (χ0v) is 23.7. The van der Waals surface area contributed by atoms with E-state index in [2.05, 4.69) is 0 Å². The first-order valence-electron chi connectivity index (χ1n) is 14.0. The van der Waals surface area contributed by atoms with E-state index in [-0.39, 0.29) is 0 Å². The van der Waals surface area contributed by atoms with Gasteiger partial charge in [-0.05, 0) is 0 Å². The third kappa shape index (κ3) is 8.61. The monoisotopic (exact) mass is 668 g/mol. The minimum atomic E-state index is -2.13. The van der Waals surface area contributed by atoms with Gasteiger partial charge in [0.25, 0.3) is 0 Å². The lowest BCUT2D eigenvalue weighted by Crippen LogP contribution is -2.61. The van der Waals surface area contributed by atoms with E-state index in [1.807, 2.05) is 0 Å². The fourth-order valence-electron chi connectivity index (χ4n) is 5.04. The van der Waals surface area contributed by atoms with Crippen molar-refractivity contribution in [2.24, 2.45) is 0 Å². The fraction of sp³-hybridized carbons (Fsp3) is 1.00. The maximum absolute atomic E-state index is 10.5. The number of hydrogen-bond acceptors (Lipinski definition) is 21. The van der Waals surface area contributed by atoms with E-state index in [0.29, 0.717) is 0 Å². The van der Waals surface area contributed by atoms with Gasteiger partial charge >= 0.3 is 0 Å². The normalized spacial score (nSPS) is 43.1. The molecule has 15 N–H and O–H groups in total. The lowest BCUT2D eigenvalue weighted by molar-refractivity contribution is -0.322. The average molecular weight is 669 g/mol. The van der Waals surface area contributed by atoms with E-state index < -0.39 is 150 Å². The van der Waals surface area contributed by atoms with Gasteiger partial charge in [-0.2, -0.15) is 0 Å². The number of hydrogen-bond donors (Lipinski definition) is 15. The van der Waals surface area contributed by atoms with E-state index in [4.69, 9.17) is 33.5 Å². The van der Waals surface area contributed by atoms with Gasteiger partial charge in [-0.3, -0.25) is 0 Å². The first kappa shape index (κ1) is 38.6. The summed E-state index contributed by atoms with van der Waals surface area (Å²) in [5, 5.41) is 150. The highest BCUT2D eigenvalue weighted by Crippen LogP contribution is 2.31. The summed E-state index contributed by atoms with van der Waals surface area (Å²) >= 11 is 0. The molecule has 0 saturated carbocycles. The third-order valence-electron chi connectivity index (χ3n) is 7.83. The van der Waals surface area contributed by atoms with Crippen LogP contribution in [0.2, 0.25) is 0 Å². The molecule has 0 aromatic carbocycles. The molecule has 0 radical (unpaired) electrons. The maximum Gasteiger partial charge on any atom is 0.187 e. The summed E-state index contributed by atoms with van der Waals surface area (Å²) in [6.45, 7) is -4.39. The molecular formula is C24H44O21. The summed E-state index contributed by atoms with van der Waals surface area (Å²) in [5.74, 6) is 0. The molecule has 3 fully saturated rings. The van der Waals surface area contributed by atoms with Gasteiger partial charge in [0.05, 0.1) is 33.0 Å². The lowest BCUT2D eigenvalue weighted by Gasteiger charge is -2.41. The Bertz CT molecular complexity index is 871. The standard InChI is InChI=1S/C24H44O21/c25-1-6(29)20-15(35)19(39)24(44-20)43-10(4-28)21-16(36)18(38)22(45-21)40-5-7(30)11(31)12(32)8(2-26)41-23-17(37)14(34)13(33)9(3-27)42-23/h6-39H,1-5H2/t6-,7-,8-,9-,10-,11-,12-,13-,14+,15-,16-,17+,18-,19-,20+,21+,22-,23+,24-/m1/s1. The van der Waals surface area contributed by atoms with Crippen LogP contribution in [-0.2, 0) is 28.4 Å². The minimum absolute atomic E-state index is 0.791. The molecule has 0 amide bonds. The van der Waals surface area contributed by atoms with Crippen LogP contribution in [0.4, 0.5) is 0 Å². The van der Waals surface area contributed by atoms with E-state index >= 15 is 0 Å². The highest BCUT2D eigenvalue weighted by atomic mass is 16.7. The van der Waals surface area contributed by atoms with Crippen LogP contribution in [0, 0.1) is 0 Å². The largest absolute Gasteiger partial charge is 0.394 e. The first-order valence-corrected chi connectivity index (χ1v) is 14.0. The molecule has 0 aromatic rings. The van der Waals surface area contributed by atoms with Gasteiger partial charge in [-0.15, -0.1) is 0 Å². The molecule has 0 spiro atoms. The zero-order valence-electron chi connectivity index (χ0n) is 23.7. The third-order valence-corrected chi connectivity index (χ3v) is 7.83. The molecule has 3 aliphatic rings. The van der Waals surface area contributed by atoms with Gasteiger partial charge < -0.3 is 105 Å². The van der Waals surface area contributed by atoms with E-state index in [1.165, 1.54) is 0 Å². The number of aliphatic hydroxyl groups excluding tert-OH is 15. The summed E-state index contributed by atoms with van der Waals surface area (Å²) in [6.07, 6.45) is -33.2. The Morgan fingerprint density at radius 3 is 1.67 bits per heavy atom. The Balaban J connectivity index is 1.55. The molecule has 0 bridgehead atoms. The molecule has 3 aliphatic heterocycles. The van der Waals surface area contributed by atoms with Crippen molar-refractivity contribution < 1.29 is 105 Å². The second-order valence-electron chi connectivity index (χ2n) is 10.9. The Hall–Kier alpha value is -0.840. The van der Waals surface area contributed by atoms with E-state index in [1.54, 1.807) is 0 Å². The van der Waals surface area contributed by atoms with Gasteiger partial charge in [0.1, 0.15) is 97.7 Å². The van der Waals surface area contributed by atoms with Crippen molar-refractivity contribution in [1.82, 2.24) is 0 Å². The summed E-state index contributed by atoms with van der Waals surface area (Å²) < 4.78 is 31.6. The molecule has 0 aromatic heterocycles. The van der Waals surface area contributed by atoms with Crippen molar-refractivity contribution in [1.29, 1.82) is 0 Å². The molecule has 0 aliphatic carbocycles. The molecule has 45 heavy (non-hydrogen) atoms. The molecule has 21 heteroatoms. The second-order valence-corrected chi connectivity index (χ2v) is 10.9. The van der Waals surface area contributed by atoms with Crippen molar-refractivity contribution in [3.05, 3.63) is 0 Å². The second kappa shape index (κ2) is 17.0. The van der Waals surface area contributed by atoms with Crippen LogP contribution < -0.4 is 0 Å². The topological polar surface area (TPSA) is 359 Å². The van der Waals surface area contributed by atoms with Crippen LogP contribution in [0.5, 0.6) is 0 Å². The van der Waals surface area contributed by atoms with Crippen molar-refractivity contribution in [3.8, 4) is 0 Å². The fourth-order valence-corrected chi connectivity index (χ4v) is 5.04. The van der Waals surface area contributed by atoms with Crippen LogP contribution in [0.3, 0.4) is 0 Å². The smallest absolute Gasteiger partial charge is 0.187 e. The number of ether oxygens (including phenoxy) is 6. The van der Waals surface area contributed by atoms with Crippen molar-refractivity contribution in [2.75, 3.05) is 33.0 Å². The van der Waals surface area contributed by atoms with Crippen molar-refractivity contribution in [3.63, 3.8) is 0 Å². The quantitative estimate of drug-likeness (QED) is 0.0725. The van der Waals surface area contributed by atoms with Gasteiger partial charge in [-0.25, -0.2) is 0 Å². The lowest BCUT2D eigenvalue weighted by atomic mass is 9.99. The molecule has 3 heterocycles. The summed E-state index contributed by atoms with van der Waals surface area (Å²) in [6, 6.07) is 0. The van der Waals surface area contributed by atoms with E-state index in [9.17, 15) is 71.5 Å². The molecule has 21 nitrogen and oxygen atoms in total. The maximum atomic E-state index is 10.5. The van der Waals surface area contributed by atoms with Crippen LogP contribution in [0.1, 0.15) is 0 Å². The van der Waals surface area contributed by atoms with Crippen LogP contribution >= 0.6 is 0 Å². The van der Waals surface area contributed by atoms with Gasteiger partial charge in [0, 0.05) is 0 Å². The van der Waals surface area contributed by atoms with Crippen LogP contribution in [-0.4, -0.2) is 226 Å². The first-order chi connectivity index (χ1) is 21.2. The predicted molar refractivity (Wildman–Crippen MR) is 136 cm³/mol. The number of aliphatic hydroxyl groups is 15. The Kier molecular flexibility index (Phi) is 14.6. The highest BCUT2D eigenvalue weighted by Gasteiger charge is 2.52. The van der Waals surface area contributed by atoms with E-state index in [0.717, 1.165) is 0 Å². The number of rotatable bonds is 16. The average Bonchev–Trinajstić information content (AvgIpc) is 3.48. The van der Waals surface area contributed by atoms with Gasteiger partial charge in [0.15, 0.2) is 18.9 Å². The molecule has 3 rings (SSSR count). The Morgan fingerprint density at radius 1 is 0.533 bits per heavy atom. The molecule has 0 unspecified atom stereocenters. The Morgan fingerprint density at radius 2 is 1.09 bits per heavy atom. The van der Waals surface area contributed by atoms with Gasteiger partial charge in [-0.1, -0.05) is 0 Å². The van der Waals surface area contributed by atoms with Crippen LogP contribution in [0.15, 0.2) is 0 Å². The SMILES string of the molecule is OC[C@@H](O)[C@@H]1O[C@@H](O[C@H](CO)[C@@H]2O[C@@H](OC[C@@H](O)[C@@H](O)[C@H](O)[C@@H](CO)O[C@H]3O[C@H](CO)[C@@H](O)[C@H](O)[C@@H]3O)[C@H](O)[C@H]2O)[C@H](O)[C@H]1O. The molecule has 19 atom stereocenters. The zero-order chi connectivity index (χ0) is 33.7. The molecular weight excluding hydrogens is 624 g/mol. The summed E-state index contributed by atoms with van der Waals surface area (Å²) in [5.41, 5.74) is 0. The summed E-state index contributed by atoms with van der Waals surface area (Å²) in [4.78, 5) is 0. The van der Waals surface area contributed by atoms with Crippen molar-refractivity contribution in [2.45, 2.75) is 117 Å². The summed E-state index contributed by atoms with van der Waals surface area (Å²) in [7, 11) is 0. The minimum Gasteiger partial charge on any atom is -0.394 e. The highest BCUT2D eigenvalue weighted by molar-refractivity contribution is 4.95. The van der Waals surface area contributed by atoms with Gasteiger partial charge in [0.2, 0.25) is 0 Å².